The van der Waals surface area contributed by atoms with Crippen molar-refractivity contribution in [3.05, 3.63) is 11.6 Å². The summed E-state index contributed by atoms with van der Waals surface area (Å²) in [7, 11) is 1.34. The Labute approximate surface area is 88.2 Å². The molecule has 0 aromatic heterocycles. The van der Waals surface area contributed by atoms with Crippen LogP contribution in [0.15, 0.2) is 11.6 Å². The van der Waals surface area contributed by atoms with Crippen LogP contribution in [0.2, 0.25) is 0 Å². The average molecular weight is 213 g/mol. The summed E-state index contributed by atoms with van der Waals surface area (Å²) in [6, 6.07) is -0.314. The SMILES string of the molecule is COC(=O)C1=C[C@@H](N)[C@@H]2OC(C)(C)O[C@H]12. The maximum atomic E-state index is 11.4. The Hall–Kier alpha value is -0.910. The van der Waals surface area contributed by atoms with Crippen LogP contribution >= 0.6 is 0 Å². The van der Waals surface area contributed by atoms with E-state index in [2.05, 4.69) is 4.74 Å². The number of fused-ring (bicyclic) bond motifs is 1. The lowest BCUT2D eigenvalue weighted by Gasteiger charge is -2.18. The fraction of sp³-hybridized carbons (Fsp3) is 0.700. The minimum Gasteiger partial charge on any atom is -0.466 e. The predicted octanol–water partition coefficient (Wildman–Crippen LogP) is -0.0532. The van der Waals surface area contributed by atoms with Gasteiger partial charge in [0.15, 0.2) is 5.79 Å². The smallest absolute Gasteiger partial charge is 0.336 e. The molecule has 2 aliphatic rings. The van der Waals surface area contributed by atoms with E-state index < -0.39 is 17.9 Å². The third kappa shape index (κ3) is 1.67. The van der Waals surface area contributed by atoms with Gasteiger partial charge >= 0.3 is 5.97 Å². The first-order chi connectivity index (χ1) is 6.94. The minimum absolute atomic E-state index is 0.283. The summed E-state index contributed by atoms with van der Waals surface area (Å²) in [5, 5.41) is 0. The molecule has 0 saturated carbocycles. The van der Waals surface area contributed by atoms with Gasteiger partial charge in [0.05, 0.1) is 18.7 Å². The van der Waals surface area contributed by atoms with Crippen molar-refractivity contribution in [1.29, 1.82) is 0 Å². The summed E-state index contributed by atoms with van der Waals surface area (Å²) in [6.07, 6.45) is 0.965. The van der Waals surface area contributed by atoms with E-state index in [1.165, 1.54) is 7.11 Å². The predicted molar refractivity (Wildman–Crippen MR) is 51.9 cm³/mol. The number of carbonyl (C=O) groups is 1. The highest BCUT2D eigenvalue weighted by atomic mass is 16.8. The van der Waals surface area contributed by atoms with Gasteiger partial charge in [0.25, 0.3) is 0 Å². The summed E-state index contributed by atoms with van der Waals surface area (Å²) in [5.41, 5.74) is 6.29. The van der Waals surface area contributed by atoms with Crippen molar-refractivity contribution in [1.82, 2.24) is 0 Å². The Bertz CT molecular complexity index is 323. The standard InChI is InChI=1S/C10H15NO4/c1-10(2)14-7-5(9(12)13-3)4-6(11)8(7)15-10/h4,6-8H,11H2,1-3H3/t6-,7-,8+/m1/s1. The lowest BCUT2D eigenvalue weighted by Crippen LogP contribution is -2.35. The number of methoxy groups -OCH3 is 1. The summed E-state index contributed by atoms with van der Waals surface area (Å²) < 4.78 is 15.9. The Morgan fingerprint density at radius 2 is 2.20 bits per heavy atom. The van der Waals surface area contributed by atoms with Crippen LogP contribution in [-0.2, 0) is 19.0 Å². The molecule has 0 spiro atoms. The van der Waals surface area contributed by atoms with Crippen LogP contribution in [-0.4, -0.2) is 37.1 Å². The molecule has 2 rings (SSSR count). The molecular weight excluding hydrogens is 198 g/mol. The lowest BCUT2D eigenvalue weighted by atomic mass is 10.1. The summed E-state index contributed by atoms with van der Waals surface area (Å²) in [6.45, 7) is 3.60. The van der Waals surface area contributed by atoms with Gasteiger partial charge in [0.1, 0.15) is 12.2 Å². The van der Waals surface area contributed by atoms with Crippen LogP contribution < -0.4 is 5.73 Å². The number of carbonyl (C=O) groups excluding carboxylic acids is 1. The highest BCUT2D eigenvalue weighted by Crippen LogP contribution is 2.37. The Morgan fingerprint density at radius 3 is 2.80 bits per heavy atom. The van der Waals surface area contributed by atoms with Crippen LogP contribution in [0.3, 0.4) is 0 Å². The fourth-order valence-corrected chi connectivity index (χ4v) is 2.01. The van der Waals surface area contributed by atoms with Gasteiger partial charge in [-0.25, -0.2) is 4.79 Å². The lowest BCUT2D eigenvalue weighted by molar-refractivity contribution is -0.149. The number of hydrogen-bond acceptors (Lipinski definition) is 5. The zero-order valence-corrected chi connectivity index (χ0v) is 9.02. The highest BCUT2D eigenvalue weighted by molar-refractivity contribution is 5.90. The van der Waals surface area contributed by atoms with E-state index in [1.54, 1.807) is 19.9 Å². The topological polar surface area (TPSA) is 70.8 Å². The molecule has 1 fully saturated rings. The summed E-state index contributed by atoms with van der Waals surface area (Å²) in [5.74, 6) is -1.10. The molecular formula is C10H15NO4. The van der Waals surface area contributed by atoms with E-state index in [-0.39, 0.29) is 12.1 Å². The molecule has 0 aromatic carbocycles. The first-order valence-electron chi connectivity index (χ1n) is 4.86. The molecule has 0 amide bonds. The minimum atomic E-state index is -0.694. The van der Waals surface area contributed by atoms with Crippen molar-refractivity contribution >= 4 is 5.97 Å². The van der Waals surface area contributed by atoms with Crippen LogP contribution in [0, 0.1) is 0 Å². The molecule has 84 valence electrons. The van der Waals surface area contributed by atoms with Gasteiger partial charge in [-0.05, 0) is 13.8 Å². The highest BCUT2D eigenvalue weighted by Gasteiger charge is 2.50. The Balaban J connectivity index is 2.23. The Kier molecular flexibility index (Phi) is 2.33. The number of hydrogen-bond donors (Lipinski definition) is 1. The second kappa shape index (κ2) is 3.30. The molecule has 1 saturated heterocycles. The second-order valence-corrected chi connectivity index (χ2v) is 4.21. The van der Waals surface area contributed by atoms with Crippen molar-refractivity contribution in [2.24, 2.45) is 5.73 Å². The average Bonchev–Trinajstić information content (AvgIpc) is 2.61. The van der Waals surface area contributed by atoms with Gasteiger partial charge in [-0.2, -0.15) is 0 Å². The number of rotatable bonds is 1. The van der Waals surface area contributed by atoms with Gasteiger partial charge in [0, 0.05) is 0 Å². The molecule has 1 aliphatic carbocycles. The first kappa shape index (κ1) is 10.6. The van der Waals surface area contributed by atoms with Crippen molar-refractivity contribution in [3.8, 4) is 0 Å². The van der Waals surface area contributed by atoms with Crippen LogP contribution in [0.4, 0.5) is 0 Å². The first-order valence-corrected chi connectivity index (χ1v) is 4.86. The third-order valence-corrected chi connectivity index (χ3v) is 2.61. The molecule has 1 heterocycles. The molecule has 0 radical (unpaired) electrons. The number of esters is 1. The van der Waals surface area contributed by atoms with Gasteiger partial charge in [0.2, 0.25) is 0 Å². The van der Waals surface area contributed by atoms with Crippen molar-refractivity contribution in [2.45, 2.75) is 37.9 Å². The van der Waals surface area contributed by atoms with E-state index in [4.69, 9.17) is 15.2 Å². The summed E-state index contributed by atoms with van der Waals surface area (Å²) in [4.78, 5) is 11.4. The molecule has 1 aliphatic heterocycles. The second-order valence-electron chi connectivity index (χ2n) is 4.21. The normalized spacial score (nSPS) is 37.3. The fourth-order valence-electron chi connectivity index (χ4n) is 2.01. The Morgan fingerprint density at radius 1 is 1.53 bits per heavy atom. The van der Waals surface area contributed by atoms with Gasteiger partial charge in [-0.1, -0.05) is 6.08 Å². The van der Waals surface area contributed by atoms with Crippen LogP contribution in [0.1, 0.15) is 13.8 Å². The molecule has 3 atom stereocenters. The van der Waals surface area contributed by atoms with E-state index in [9.17, 15) is 4.79 Å². The molecule has 2 N–H and O–H groups in total. The zero-order chi connectivity index (χ0) is 11.2. The molecule has 5 nitrogen and oxygen atoms in total. The largest absolute Gasteiger partial charge is 0.466 e. The number of ether oxygens (including phenoxy) is 3. The maximum absolute atomic E-state index is 11.4. The molecule has 0 unspecified atom stereocenters. The van der Waals surface area contributed by atoms with E-state index in [0.717, 1.165) is 0 Å². The van der Waals surface area contributed by atoms with Gasteiger partial charge < -0.3 is 19.9 Å². The van der Waals surface area contributed by atoms with E-state index in [0.29, 0.717) is 5.57 Å². The van der Waals surface area contributed by atoms with Crippen molar-refractivity contribution < 1.29 is 19.0 Å². The van der Waals surface area contributed by atoms with Gasteiger partial charge in [-0.3, -0.25) is 0 Å². The number of nitrogens with two attached hydrogens (primary N) is 1. The van der Waals surface area contributed by atoms with E-state index in [1.807, 2.05) is 0 Å². The van der Waals surface area contributed by atoms with Crippen molar-refractivity contribution in [2.75, 3.05) is 7.11 Å². The van der Waals surface area contributed by atoms with Gasteiger partial charge in [-0.15, -0.1) is 0 Å². The van der Waals surface area contributed by atoms with Crippen molar-refractivity contribution in [3.63, 3.8) is 0 Å². The zero-order valence-electron chi connectivity index (χ0n) is 9.02. The molecule has 15 heavy (non-hydrogen) atoms. The van der Waals surface area contributed by atoms with E-state index >= 15 is 0 Å². The third-order valence-electron chi connectivity index (χ3n) is 2.61. The molecule has 5 heteroatoms. The molecule has 0 aromatic rings. The quantitative estimate of drug-likeness (QED) is 0.618. The van der Waals surface area contributed by atoms with Crippen LogP contribution in [0.5, 0.6) is 0 Å². The monoisotopic (exact) mass is 213 g/mol. The maximum Gasteiger partial charge on any atom is 0.336 e. The molecule has 0 bridgehead atoms. The van der Waals surface area contributed by atoms with Crippen LogP contribution in [0.25, 0.3) is 0 Å². The summed E-state index contributed by atoms with van der Waals surface area (Å²) >= 11 is 0.